The molecule has 5 N–H and O–H groups in total. The molecule has 2 aromatic heterocycles. The number of anilines is 2. The number of hydrogen-bond donors (Lipinski definition) is 4. The lowest BCUT2D eigenvalue weighted by Crippen LogP contribution is -2.33. The lowest BCUT2D eigenvalue weighted by Gasteiger charge is -2.26. The van der Waals surface area contributed by atoms with Gasteiger partial charge in [-0.1, -0.05) is 30.3 Å². The van der Waals surface area contributed by atoms with Gasteiger partial charge in [-0.05, 0) is 72.0 Å². The number of fused-ring (bicyclic) bond motifs is 1. The van der Waals surface area contributed by atoms with Crippen molar-refractivity contribution >= 4 is 45.5 Å². The fraction of sp³-hybridized carbons (Fsp3) is 0.320. The Bertz CT molecular complexity index is 1270. The number of aromatic hydroxyl groups is 1. The first kappa shape index (κ1) is 22.9. The third kappa shape index (κ3) is 5.25. The molecular weight excluding hydrogens is 541 g/mol. The molecule has 0 aliphatic heterocycles. The van der Waals surface area contributed by atoms with Gasteiger partial charge in [0.1, 0.15) is 5.75 Å². The third-order valence-electron chi connectivity index (χ3n) is 6.25. The minimum Gasteiger partial charge on any atom is -0.508 e. The Labute approximate surface area is 212 Å². The Balaban J connectivity index is 1.46. The second-order valence-electron chi connectivity index (χ2n) is 8.81. The largest absolute Gasteiger partial charge is 0.508 e. The second kappa shape index (κ2) is 10.1. The van der Waals surface area contributed by atoms with Crippen LogP contribution in [-0.4, -0.2) is 36.7 Å². The Kier molecular flexibility index (Phi) is 6.82. The fourth-order valence-electron chi connectivity index (χ4n) is 4.35. The Hall–Kier alpha value is -2.92. The minimum absolute atomic E-state index is 0.254. The summed E-state index contributed by atoms with van der Waals surface area (Å²) in [6, 6.07) is 16.4. The highest BCUT2D eigenvalue weighted by molar-refractivity contribution is 14.1. The Morgan fingerprint density at radius 1 is 1.06 bits per heavy atom. The molecular formula is C25H28IN7O. The summed E-state index contributed by atoms with van der Waals surface area (Å²) in [4.78, 5) is 14.3. The zero-order valence-corrected chi connectivity index (χ0v) is 20.9. The maximum Gasteiger partial charge on any atom is 0.227 e. The van der Waals surface area contributed by atoms with Gasteiger partial charge in [-0.15, -0.1) is 0 Å². The number of aromatic nitrogens is 4. The van der Waals surface area contributed by atoms with Crippen molar-refractivity contribution in [3.05, 3.63) is 69.6 Å². The molecule has 1 aliphatic carbocycles. The van der Waals surface area contributed by atoms with Crippen LogP contribution in [0, 0.1) is 3.57 Å². The number of halogens is 1. The van der Waals surface area contributed by atoms with Crippen LogP contribution in [0.3, 0.4) is 0 Å². The minimum atomic E-state index is 0.254. The number of rotatable bonds is 7. The molecule has 0 radical (unpaired) electrons. The van der Waals surface area contributed by atoms with Crippen molar-refractivity contribution in [2.45, 2.75) is 50.9 Å². The van der Waals surface area contributed by atoms with Crippen molar-refractivity contribution in [1.82, 2.24) is 19.5 Å². The van der Waals surface area contributed by atoms with Gasteiger partial charge >= 0.3 is 0 Å². The number of nitrogens with one attached hydrogen (secondary N) is 2. The molecule has 5 rings (SSSR count). The summed E-state index contributed by atoms with van der Waals surface area (Å²) < 4.78 is 3.10. The van der Waals surface area contributed by atoms with Crippen LogP contribution in [0.5, 0.6) is 5.75 Å². The van der Waals surface area contributed by atoms with Crippen molar-refractivity contribution in [2.24, 2.45) is 5.73 Å². The van der Waals surface area contributed by atoms with Crippen molar-refractivity contribution in [1.29, 1.82) is 0 Å². The molecule has 2 aromatic carbocycles. The molecule has 1 fully saturated rings. The van der Waals surface area contributed by atoms with E-state index in [2.05, 4.69) is 50.3 Å². The summed E-state index contributed by atoms with van der Waals surface area (Å²) in [6.07, 6.45) is 5.82. The van der Waals surface area contributed by atoms with E-state index in [0.717, 1.165) is 40.5 Å². The highest BCUT2D eigenvalue weighted by Crippen LogP contribution is 2.26. The molecule has 8 nitrogen and oxygen atoms in total. The first-order chi connectivity index (χ1) is 16.5. The van der Waals surface area contributed by atoms with E-state index in [9.17, 15) is 5.11 Å². The van der Waals surface area contributed by atoms with Gasteiger partial charge in [0.25, 0.3) is 0 Å². The lowest BCUT2D eigenvalue weighted by atomic mass is 9.92. The number of phenols is 1. The van der Waals surface area contributed by atoms with Crippen LogP contribution < -0.4 is 16.4 Å². The van der Waals surface area contributed by atoms with Crippen LogP contribution in [0.1, 0.15) is 36.8 Å². The van der Waals surface area contributed by atoms with Crippen molar-refractivity contribution in [3.63, 3.8) is 0 Å². The molecule has 0 saturated heterocycles. The highest BCUT2D eigenvalue weighted by atomic mass is 127. The van der Waals surface area contributed by atoms with Crippen LogP contribution in [-0.2, 0) is 13.1 Å². The SMILES string of the molecule is NC1CCC(Nc2nc(NCc3cc(I)ccc3O)c3ncn(Cc4ccccc4)c3n2)CC1. The monoisotopic (exact) mass is 569 g/mol. The summed E-state index contributed by atoms with van der Waals surface area (Å²) >= 11 is 2.24. The summed E-state index contributed by atoms with van der Waals surface area (Å²) in [7, 11) is 0. The van der Waals surface area contributed by atoms with E-state index in [1.807, 2.05) is 41.2 Å². The first-order valence-corrected chi connectivity index (χ1v) is 12.6. The number of nitrogens with two attached hydrogens (primary N) is 1. The van der Waals surface area contributed by atoms with E-state index < -0.39 is 0 Å². The smallest absolute Gasteiger partial charge is 0.227 e. The molecule has 0 bridgehead atoms. The lowest BCUT2D eigenvalue weighted by molar-refractivity contribution is 0.410. The number of hydrogen-bond acceptors (Lipinski definition) is 7. The van der Waals surface area contributed by atoms with Crippen LogP contribution in [0.2, 0.25) is 0 Å². The predicted octanol–water partition coefficient (Wildman–Crippen LogP) is 4.48. The molecule has 1 aliphatic rings. The molecule has 2 heterocycles. The van der Waals surface area contributed by atoms with E-state index in [1.54, 1.807) is 6.07 Å². The van der Waals surface area contributed by atoms with Gasteiger partial charge in [0.05, 0.1) is 12.9 Å². The summed E-state index contributed by atoms with van der Waals surface area (Å²) in [5, 5.41) is 17.2. The zero-order valence-electron chi connectivity index (χ0n) is 18.8. The van der Waals surface area contributed by atoms with E-state index >= 15 is 0 Å². The molecule has 0 spiro atoms. The number of imidazole rings is 1. The highest BCUT2D eigenvalue weighted by Gasteiger charge is 2.21. The van der Waals surface area contributed by atoms with Gasteiger partial charge in [-0.3, -0.25) is 0 Å². The topological polar surface area (TPSA) is 114 Å². The summed E-state index contributed by atoms with van der Waals surface area (Å²) in [5.74, 6) is 1.48. The van der Waals surface area contributed by atoms with Gasteiger partial charge in [0, 0.05) is 27.8 Å². The van der Waals surface area contributed by atoms with Crippen molar-refractivity contribution in [2.75, 3.05) is 10.6 Å². The Morgan fingerprint density at radius 3 is 2.65 bits per heavy atom. The molecule has 9 heteroatoms. The predicted molar refractivity (Wildman–Crippen MR) is 143 cm³/mol. The number of phenolic OH excluding ortho intramolecular Hbond substituents is 1. The van der Waals surface area contributed by atoms with E-state index in [0.29, 0.717) is 36.4 Å². The van der Waals surface area contributed by atoms with Crippen LogP contribution in [0.4, 0.5) is 11.8 Å². The standard InChI is InChI=1S/C25H28IN7O/c26-18-6-11-21(34)17(12-18)13-28-23-22-24(33(15-29-22)14-16-4-2-1-3-5-16)32-25(31-23)30-20-9-7-19(27)8-10-20/h1-6,11-12,15,19-20,34H,7-10,13-14,27H2,(H2,28,30,31,32). The van der Waals surface area contributed by atoms with Gasteiger partial charge < -0.3 is 26.0 Å². The average Bonchev–Trinajstić information content (AvgIpc) is 3.24. The molecule has 34 heavy (non-hydrogen) atoms. The molecule has 4 aromatic rings. The maximum atomic E-state index is 10.3. The molecule has 1 saturated carbocycles. The van der Waals surface area contributed by atoms with Gasteiger partial charge in [-0.25, -0.2) is 4.98 Å². The average molecular weight is 569 g/mol. The van der Waals surface area contributed by atoms with Crippen LogP contribution >= 0.6 is 22.6 Å². The quantitative estimate of drug-likeness (QED) is 0.243. The first-order valence-electron chi connectivity index (χ1n) is 11.6. The summed E-state index contributed by atoms with van der Waals surface area (Å²) in [5.41, 5.74) is 9.54. The van der Waals surface area contributed by atoms with Crippen molar-refractivity contribution < 1.29 is 5.11 Å². The molecule has 0 amide bonds. The van der Waals surface area contributed by atoms with Gasteiger partial charge in [0.15, 0.2) is 17.0 Å². The van der Waals surface area contributed by atoms with E-state index in [4.69, 9.17) is 15.7 Å². The van der Waals surface area contributed by atoms with Crippen LogP contribution in [0.15, 0.2) is 54.9 Å². The number of nitrogens with zero attached hydrogens (tertiary/aromatic N) is 4. The Morgan fingerprint density at radius 2 is 1.85 bits per heavy atom. The third-order valence-corrected chi connectivity index (χ3v) is 6.92. The molecule has 176 valence electrons. The van der Waals surface area contributed by atoms with E-state index in [-0.39, 0.29) is 11.8 Å². The fourth-order valence-corrected chi connectivity index (χ4v) is 4.90. The normalized spacial score (nSPS) is 18.2. The van der Waals surface area contributed by atoms with Crippen molar-refractivity contribution in [3.8, 4) is 5.75 Å². The van der Waals surface area contributed by atoms with E-state index in [1.165, 1.54) is 5.56 Å². The van der Waals surface area contributed by atoms with Gasteiger partial charge in [-0.2, -0.15) is 9.97 Å². The molecule has 0 unspecified atom stereocenters. The van der Waals surface area contributed by atoms with Gasteiger partial charge in [0.2, 0.25) is 5.95 Å². The maximum absolute atomic E-state index is 10.3. The number of benzene rings is 2. The summed E-state index contributed by atoms with van der Waals surface area (Å²) in [6.45, 7) is 1.10. The second-order valence-corrected chi connectivity index (χ2v) is 10.1. The zero-order chi connectivity index (χ0) is 23.5. The molecule has 0 atom stereocenters. The van der Waals surface area contributed by atoms with Crippen LogP contribution in [0.25, 0.3) is 11.2 Å².